The summed E-state index contributed by atoms with van der Waals surface area (Å²) < 4.78 is 87.5. The van der Waals surface area contributed by atoms with Crippen LogP contribution in [0.3, 0.4) is 0 Å². The molecule has 2 aliphatic carbocycles. The number of fused-ring (bicyclic) bond motifs is 2. The zero-order valence-electron chi connectivity index (χ0n) is 22.3. The molecule has 1 heterocycles. The summed E-state index contributed by atoms with van der Waals surface area (Å²) in [5.74, 6) is -1.81. The Labute approximate surface area is 231 Å². The average Bonchev–Trinajstić information content (AvgIpc) is 3.43. The maximum absolute atomic E-state index is 13.4. The highest BCUT2D eigenvalue weighted by molar-refractivity contribution is 7.89. The Bertz CT molecular complexity index is 1520. The van der Waals surface area contributed by atoms with E-state index in [1.165, 1.54) is 19.2 Å². The molecule has 0 N–H and O–H groups in total. The number of alkyl halides is 3. The van der Waals surface area contributed by atoms with Crippen LogP contribution in [0.25, 0.3) is 11.8 Å². The number of hydrogen-bond donors (Lipinski definition) is 0. The lowest BCUT2D eigenvalue weighted by Gasteiger charge is -2.38. The largest absolute Gasteiger partial charge is 0.497 e. The predicted molar refractivity (Wildman–Crippen MR) is 144 cm³/mol. The van der Waals surface area contributed by atoms with Gasteiger partial charge in [0.1, 0.15) is 11.6 Å². The fourth-order valence-electron chi connectivity index (χ4n) is 5.98. The normalized spacial score (nSPS) is 20.8. The lowest BCUT2D eigenvalue weighted by molar-refractivity contribution is -0.107. The van der Waals surface area contributed by atoms with Crippen molar-refractivity contribution in [2.75, 3.05) is 26.0 Å². The second-order valence-corrected chi connectivity index (χ2v) is 12.7. The Morgan fingerprint density at radius 2 is 1.93 bits per heavy atom. The molecule has 2 aliphatic rings. The van der Waals surface area contributed by atoms with E-state index >= 15 is 0 Å². The van der Waals surface area contributed by atoms with E-state index in [9.17, 15) is 26.0 Å². The fraction of sp³-hybridized carbons (Fsp3) is 0.414. The number of allylic oxidation sites excluding steroid dienone is 1. The monoisotopic (exact) mass is 577 g/mol. The van der Waals surface area contributed by atoms with Crippen molar-refractivity contribution < 1.29 is 30.7 Å². The van der Waals surface area contributed by atoms with E-state index in [0.29, 0.717) is 25.0 Å². The molecule has 6 nitrogen and oxygen atoms in total. The number of rotatable bonds is 9. The van der Waals surface area contributed by atoms with Crippen LogP contribution in [0.4, 0.5) is 17.6 Å². The first-order valence-electron chi connectivity index (χ1n) is 13.1. The van der Waals surface area contributed by atoms with Gasteiger partial charge in [0.25, 0.3) is 0 Å². The third kappa shape index (κ3) is 5.81. The molecule has 0 bridgehead atoms. The highest BCUT2D eigenvalue weighted by atomic mass is 32.2. The van der Waals surface area contributed by atoms with Crippen molar-refractivity contribution in [3.63, 3.8) is 0 Å². The Morgan fingerprint density at radius 1 is 1.18 bits per heavy atom. The van der Waals surface area contributed by atoms with E-state index < -0.39 is 27.4 Å². The second-order valence-electron chi connectivity index (χ2n) is 10.8. The summed E-state index contributed by atoms with van der Waals surface area (Å²) >= 11 is 0. The van der Waals surface area contributed by atoms with Crippen molar-refractivity contribution in [3.05, 3.63) is 82.9 Å². The maximum atomic E-state index is 13.4. The highest BCUT2D eigenvalue weighted by Gasteiger charge is 2.48. The Balaban J connectivity index is 1.40. The van der Waals surface area contributed by atoms with E-state index in [2.05, 4.69) is 18.1 Å². The third-order valence-electron chi connectivity index (χ3n) is 8.17. The van der Waals surface area contributed by atoms with Crippen LogP contribution in [-0.2, 0) is 22.9 Å². The van der Waals surface area contributed by atoms with Gasteiger partial charge in [0.15, 0.2) is 5.75 Å². The molecule has 2 atom stereocenters. The number of sulfonamides is 1. The number of benzene rings is 2. The first kappa shape index (κ1) is 28.4. The van der Waals surface area contributed by atoms with E-state index in [0.717, 1.165) is 32.4 Å². The van der Waals surface area contributed by atoms with Gasteiger partial charge in [0.05, 0.1) is 24.7 Å². The molecule has 0 aliphatic heterocycles. The van der Waals surface area contributed by atoms with Gasteiger partial charge < -0.3 is 4.74 Å². The van der Waals surface area contributed by atoms with Crippen molar-refractivity contribution in [1.82, 2.24) is 14.1 Å². The smallest absolute Gasteiger partial charge is 0.404 e. The number of aromatic nitrogens is 2. The molecule has 1 unspecified atom stereocenters. The van der Waals surface area contributed by atoms with E-state index in [1.807, 2.05) is 0 Å². The Morgan fingerprint density at radius 3 is 2.62 bits per heavy atom. The molecular weight excluding hydrogens is 546 g/mol. The molecule has 11 heteroatoms. The minimum absolute atomic E-state index is 0.00233. The van der Waals surface area contributed by atoms with Crippen LogP contribution in [0, 0.1) is 17.2 Å². The molecule has 5 rings (SSSR count). The molecule has 40 heavy (non-hydrogen) atoms. The number of nitrogens with zero attached hydrogens (tertiary/aromatic N) is 3. The number of hydrogen-bond acceptors (Lipinski definition) is 4. The lowest BCUT2D eigenvalue weighted by atomic mass is 9.70. The van der Waals surface area contributed by atoms with Crippen molar-refractivity contribution >= 4 is 16.1 Å². The molecule has 1 fully saturated rings. The SMILES string of the molecule is COc1cccc(CCN(CC2CCC3=Cc4c(cnn4-c4ccc(F)cc4)C[C@@]32C)S(=O)(=O)CC(F)(F)F)c1. The summed E-state index contributed by atoms with van der Waals surface area (Å²) in [4.78, 5) is 0. The summed E-state index contributed by atoms with van der Waals surface area (Å²) in [5, 5.41) is 4.51. The van der Waals surface area contributed by atoms with Gasteiger partial charge in [-0.3, -0.25) is 0 Å². The van der Waals surface area contributed by atoms with Crippen molar-refractivity contribution in [1.29, 1.82) is 0 Å². The Kier molecular flexibility index (Phi) is 7.56. The molecule has 1 saturated carbocycles. The summed E-state index contributed by atoms with van der Waals surface area (Å²) in [5.41, 5.74) is 4.05. The van der Waals surface area contributed by atoms with Crippen LogP contribution >= 0.6 is 0 Å². The van der Waals surface area contributed by atoms with Gasteiger partial charge in [-0.25, -0.2) is 21.8 Å². The maximum Gasteiger partial charge on any atom is 0.404 e. The van der Waals surface area contributed by atoms with Crippen LogP contribution in [-0.4, -0.2) is 54.6 Å². The molecule has 3 aromatic rings. The minimum atomic E-state index is -4.84. The average molecular weight is 578 g/mol. The van der Waals surface area contributed by atoms with Gasteiger partial charge in [-0.05, 0) is 90.6 Å². The summed E-state index contributed by atoms with van der Waals surface area (Å²) in [7, 11) is -3.09. The zero-order chi connectivity index (χ0) is 28.7. The van der Waals surface area contributed by atoms with Crippen LogP contribution in [0.1, 0.15) is 36.6 Å². The zero-order valence-corrected chi connectivity index (χ0v) is 23.1. The third-order valence-corrected chi connectivity index (χ3v) is 9.98. The van der Waals surface area contributed by atoms with Crippen LogP contribution in [0.15, 0.2) is 60.3 Å². The number of ether oxygens (including phenoxy) is 1. The van der Waals surface area contributed by atoms with Gasteiger partial charge in [0, 0.05) is 13.1 Å². The van der Waals surface area contributed by atoms with E-state index in [1.54, 1.807) is 47.3 Å². The van der Waals surface area contributed by atoms with Crippen LogP contribution < -0.4 is 4.74 Å². The van der Waals surface area contributed by atoms with E-state index in [-0.39, 0.29) is 31.2 Å². The van der Waals surface area contributed by atoms with Gasteiger partial charge >= 0.3 is 6.18 Å². The first-order chi connectivity index (χ1) is 18.9. The van der Waals surface area contributed by atoms with Gasteiger partial charge in [-0.1, -0.05) is 24.6 Å². The number of methoxy groups -OCH3 is 1. The fourth-order valence-corrected chi connectivity index (χ4v) is 7.36. The van der Waals surface area contributed by atoms with Crippen LogP contribution in [0.5, 0.6) is 5.75 Å². The predicted octanol–water partition coefficient (Wildman–Crippen LogP) is 5.81. The van der Waals surface area contributed by atoms with Crippen molar-refractivity contribution in [3.8, 4) is 11.4 Å². The van der Waals surface area contributed by atoms with Crippen molar-refractivity contribution in [2.45, 2.75) is 38.8 Å². The first-order valence-corrected chi connectivity index (χ1v) is 14.7. The lowest BCUT2D eigenvalue weighted by Crippen LogP contribution is -2.44. The molecule has 0 saturated heterocycles. The summed E-state index contributed by atoms with van der Waals surface area (Å²) in [6, 6.07) is 13.1. The molecule has 214 valence electrons. The molecular formula is C29H31F4N3O3S. The summed E-state index contributed by atoms with van der Waals surface area (Å²) in [6.07, 6.45) is 1.18. The van der Waals surface area contributed by atoms with Gasteiger partial charge in [-0.15, -0.1) is 0 Å². The highest BCUT2D eigenvalue weighted by Crippen LogP contribution is 2.53. The second kappa shape index (κ2) is 10.7. The number of halogens is 4. The molecule has 0 spiro atoms. The molecule has 1 aromatic heterocycles. The van der Waals surface area contributed by atoms with Gasteiger partial charge in [0.2, 0.25) is 10.0 Å². The molecule has 0 radical (unpaired) electrons. The van der Waals surface area contributed by atoms with Crippen LogP contribution in [0.2, 0.25) is 0 Å². The minimum Gasteiger partial charge on any atom is -0.497 e. The van der Waals surface area contributed by atoms with Crippen molar-refractivity contribution in [2.24, 2.45) is 11.3 Å². The quantitative estimate of drug-likeness (QED) is 0.301. The molecule has 2 aromatic carbocycles. The Hall–Kier alpha value is -3.18. The van der Waals surface area contributed by atoms with E-state index in [4.69, 9.17) is 4.74 Å². The summed E-state index contributed by atoms with van der Waals surface area (Å²) in [6.45, 7) is 1.99. The standard InChI is InChI=1S/C29H31F4N3O3S/c1-28-16-21-17-34-36(25-10-8-24(30)9-11-25)27(21)15-22(28)6-7-23(28)18-35(40(37,38)19-29(31,32)33)13-12-20-4-3-5-26(14-20)39-2/h3-5,8-11,14-15,17,23H,6-7,12-13,16,18-19H2,1-2H3/t23?,28-/m0/s1. The molecule has 0 amide bonds. The topological polar surface area (TPSA) is 64.4 Å². The van der Waals surface area contributed by atoms with Gasteiger partial charge in [-0.2, -0.15) is 18.3 Å².